The van der Waals surface area contributed by atoms with E-state index in [1.807, 2.05) is 25.7 Å². The van der Waals surface area contributed by atoms with E-state index in [0.717, 1.165) is 31.9 Å². The highest BCUT2D eigenvalue weighted by atomic mass is 35.5. The first-order valence-corrected chi connectivity index (χ1v) is 8.70. The molecule has 1 fully saturated rings. The number of nitrogens with zero attached hydrogens (tertiary/aromatic N) is 2. The third-order valence-corrected chi connectivity index (χ3v) is 4.34. The van der Waals surface area contributed by atoms with Crippen LogP contribution in [0.4, 0.5) is 5.69 Å². The van der Waals surface area contributed by atoms with Crippen LogP contribution in [0.1, 0.15) is 27.2 Å². The molecule has 0 saturated carbocycles. The van der Waals surface area contributed by atoms with Gasteiger partial charge in [-0.1, -0.05) is 32.4 Å². The van der Waals surface area contributed by atoms with Gasteiger partial charge in [0, 0.05) is 55.3 Å². The molecule has 1 saturated heterocycles. The number of nitrogens with one attached hydrogen (secondary N) is 1. The average Bonchev–Trinajstić information content (AvgIpc) is 2.54. The number of halogens is 1. The van der Waals surface area contributed by atoms with Gasteiger partial charge in [0.1, 0.15) is 0 Å². The van der Waals surface area contributed by atoms with E-state index in [1.165, 1.54) is 0 Å². The van der Waals surface area contributed by atoms with E-state index in [9.17, 15) is 9.59 Å². The van der Waals surface area contributed by atoms with E-state index in [4.69, 9.17) is 11.6 Å². The number of anilines is 1. The number of carbonyl (C=O) groups is 2. The summed E-state index contributed by atoms with van der Waals surface area (Å²) in [6, 6.07) is 7.08. The van der Waals surface area contributed by atoms with E-state index in [-0.39, 0.29) is 17.2 Å². The quantitative estimate of drug-likeness (QED) is 0.907. The van der Waals surface area contributed by atoms with Gasteiger partial charge in [-0.2, -0.15) is 0 Å². The van der Waals surface area contributed by atoms with Crippen molar-refractivity contribution in [1.82, 2.24) is 9.80 Å². The minimum Gasteiger partial charge on any atom is -0.340 e. The number of benzene rings is 1. The molecule has 1 heterocycles. The Labute approximate surface area is 149 Å². The van der Waals surface area contributed by atoms with Crippen molar-refractivity contribution in [2.24, 2.45) is 5.41 Å². The number of rotatable bonds is 4. The Balaban J connectivity index is 1.71. The summed E-state index contributed by atoms with van der Waals surface area (Å²) in [7, 11) is 0. The van der Waals surface area contributed by atoms with Crippen LogP contribution in [0.5, 0.6) is 0 Å². The van der Waals surface area contributed by atoms with E-state index in [0.29, 0.717) is 18.0 Å². The van der Waals surface area contributed by atoms with E-state index in [1.54, 1.807) is 24.3 Å². The van der Waals surface area contributed by atoms with E-state index >= 15 is 0 Å². The van der Waals surface area contributed by atoms with Crippen molar-refractivity contribution >= 4 is 29.1 Å². The Morgan fingerprint density at radius 2 is 1.67 bits per heavy atom. The van der Waals surface area contributed by atoms with Crippen LogP contribution in [-0.2, 0) is 9.59 Å². The second kappa shape index (κ2) is 7.99. The highest BCUT2D eigenvalue weighted by Gasteiger charge is 2.29. The minimum absolute atomic E-state index is 0.00878. The fourth-order valence-corrected chi connectivity index (χ4v) is 2.79. The maximum absolute atomic E-state index is 12.3. The first-order valence-electron chi connectivity index (χ1n) is 8.33. The number of amides is 2. The molecule has 132 valence electrons. The summed E-state index contributed by atoms with van der Waals surface area (Å²) in [5.74, 6) is 0.188. The molecule has 1 aromatic rings. The topological polar surface area (TPSA) is 52.7 Å². The Morgan fingerprint density at radius 1 is 1.08 bits per heavy atom. The summed E-state index contributed by atoms with van der Waals surface area (Å²) in [6.07, 6.45) is 0.440. The normalized spacial score (nSPS) is 16.1. The lowest BCUT2D eigenvalue weighted by Gasteiger charge is -2.37. The van der Waals surface area contributed by atoms with Crippen LogP contribution in [-0.4, -0.2) is 54.3 Å². The maximum Gasteiger partial charge on any atom is 0.228 e. The molecular formula is C18H26ClN3O2. The Kier molecular flexibility index (Phi) is 6.24. The lowest BCUT2D eigenvalue weighted by Crippen LogP contribution is -2.51. The lowest BCUT2D eigenvalue weighted by molar-refractivity contribution is -0.141. The second-order valence-corrected chi connectivity index (χ2v) is 7.63. The molecule has 0 bridgehead atoms. The molecule has 2 rings (SSSR count). The minimum atomic E-state index is -0.333. The molecule has 1 aromatic carbocycles. The molecule has 6 heteroatoms. The average molecular weight is 352 g/mol. The third kappa shape index (κ3) is 5.49. The van der Waals surface area contributed by atoms with Crippen molar-refractivity contribution < 1.29 is 9.59 Å². The first kappa shape index (κ1) is 18.7. The van der Waals surface area contributed by atoms with Crippen molar-refractivity contribution in [2.45, 2.75) is 27.2 Å². The largest absolute Gasteiger partial charge is 0.340 e. The zero-order valence-electron chi connectivity index (χ0n) is 14.6. The predicted octanol–water partition coefficient (Wildman–Crippen LogP) is 2.86. The molecule has 24 heavy (non-hydrogen) atoms. The van der Waals surface area contributed by atoms with Crippen LogP contribution in [0, 0.1) is 5.41 Å². The zero-order chi connectivity index (χ0) is 17.7. The highest BCUT2D eigenvalue weighted by Crippen LogP contribution is 2.18. The molecule has 1 aliphatic rings. The number of hydrogen-bond donors (Lipinski definition) is 1. The van der Waals surface area contributed by atoms with Crippen molar-refractivity contribution in [2.75, 3.05) is 38.0 Å². The SMILES string of the molecule is CC(C)(C)C(=O)N1CCN(CCC(=O)Nc2ccc(Cl)cc2)CC1. The molecule has 0 radical (unpaired) electrons. The second-order valence-electron chi connectivity index (χ2n) is 7.19. The van der Waals surface area contributed by atoms with Crippen LogP contribution < -0.4 is 5.32 Å². The fourth-order valence-electron chi connectivity index (χ4n) is 2.67. The van der Waals surface area contributed by atoms with Crippen molar-refractivity contribution in [3.05, 3.63) is 29.3 Å². The van der Waals surface area contributed by atoms with Gasteiger partial charge >= 0.3 is 0 Å². The Bertz CT molecular complexity index is 573. The monoisotopic (exact) mass is 351 g/mol. The molecule has 2 amide bonds. The van der Waals surface area contributed by atoms with Crippen molar-refractivity contribution in [1.29, 1.82) is 0 Å². The highest BCUT2D eigenvalue weighted by molar-refractivity contribution is 6.30. The zero-order valence-corrected chi connectivity index (χ0v) is 15.4. The third-order valence-electron chi connectivity index (χ3n) is 4.08. The first-order chi connectivity index (χ1) is 11.3. The van der Waals surface area contributed by atoms with Gasteiger partial charge in [-0.05, 0) is 24.3 Å². The van der Waals surface area contributed by atoms with Gasteiger partial charge in [-0.3, -0.25) is 14.5 Å². The molecule has 1 N–H and O–H groups in total. The van der Waals surface area contributed by atoms with Crippen molar-refractivity contribution in [3.63, 3.8) is 0 Å². The van der Waals surface area contributed by atoms with Gasteiger partial charge in [0.05, 0.1) is 0 Å². The molecule has 0 atom stereocenters. The van der Waals surface area contributed by atoms with E-state index < -0.39 is 0 Å². The molecule has 0 spiro atoms. The van der Waals surface area contributed by atoms with Crippen LogP contribution in [0.25, 0.3) is 0 Å². The molecular weight excluding hydrogens is 326 g/mol. The smallest absolute Gasteiger partial charge is 0.228 e. The summed E-state index contributed by atoms with van der Waals surface area (Å²) in [5.41, 5.74) is 0.422. The summed E-state index contributed by atoms with van der Waals surface area (Å²) in [4.78, 5) is 28.4. The van der Waals surface area contributed by atoms with Gasteiger partial charge < -0.3 is 10.2 Å². The standard InChI is InChI=1S/C18H26ClN3O2/c1-18(2,3)17(24)22-12-10-21(11-13-22)9-8-16(23)20-15-6-4-14(19)5-7-15/h4-7H,8-13H2,1-3H3,(H,20,23). The number of carbonyl (C=O) groups excluding carboxylic acids is 2. The summed E-state index contributed by atoms with van der Waals surface area (Å²) in [5, 5.41) is 3.52. The molecule has 0 unspecified atom stereocenters. The summed E-state index contributed by atoms with van der Waals surface area (Å²) < 4.78 is 0. The number of hydrogen-bond acceptors (Lipinski definition) is 3. The van der Waals surface area contributed by atoms with E-state index in [2.05, 4.69) is 10.2 Å². The lowest BCUT2D eigenvalue weighted by atomic mass is 9.94. The van der Waals surface area contributed by atoms with Crippen LogP contribution in [0.15, 0.2) is 24.3 Å². The molecule has 0 aromatic heterocycles. The maximum atomic E-state index is 12.3. The Hall–Kier alpha value is -1.59. The molecule has 1 aliphatic heterocycles. The van der Waals surface area contributed by atoms with Gasteiger partial charge in [-0.15, -0.1) is 0 Å². The van der Waals surface area contributed by atoms with Gasteiger partial charge in [0.2, 0.25) is 11.8 Å². The van der Waals surface area contributed by atoms with Crippen LogP contribution >= 0.6 is 11.6 Å². The number of piperazine rings is 1. The molecule has 5 nitrogen and oxygen atoms in total. The van der Waals surface area contributed by atoms with Gasteiger partial charge in [0.15, 0.2) is 0 Å². The van der Waals surface area contributed by atoms with Gasteiger partial charge in [-0.25, -0.2) is 0 Å². The summed E-state index contributed by atoms with van der Waals surface area (Å²) in [6.45, 7) is 9.64. The van der Waals surface area contributed by atoms with Crippen LogP contribution in [0.2, 0.25) is 5.02 Å². The van der Waals surface area contributed by atoms with Gasteiger partial charge in [0.25, 0.3) is 0 Å². The van der Waals surface area contributed by atoms with Crippen molar-refractivity contribution in [3.8, 4) is 0 Å². The predicted molar refractivity (Wildman–Crippen MR) is 97.2 cm³/mol. The molecule has 0 aliphatic carbocycles. The Morgan fingerprint density at radius 3 is 2.21 bits per heavy atom. The van der Waals surface area contributed by atoms with Crippen LogP contribution in [0.3, 0.4) is 0 Å². The summed E-state index contributed by atoms with van der Waals surface area (Å²) >= 11 is 5.83. The fraction of sp³-hybridized carbons (Fsp3) is 0.556.